The quantitative estimate of drug-likeness (QED) is 0.207. The van der Waals surface area contributed by atoms with Gasteiger partial charge in [0.05, 0.1) is 23.7 Å². The molecule has 0 heterocycles. The molecule has 7 nitrogen and oxygen atoms in total. The third-order valence-corrected chi connectivity index (χ3v) is 4.06. The minimum Gasteiger partial charge on any atom is -0.508 e. The number of rotatable bonds is 9. The van der Waals surface area contributed by atoms with Crippen molar-refractivity contribution in [2.75, 3.05) is 13.0 Å². The number of aryl methyl sites for hydroxylation is 1. The summed E-state index contributed by atoms with van der Waals surface area (Å²) in [6, 6.07) is 6.14. The van der Waals surface area contributed by atoms with E-state index in [1.807, 2.05) is 0 Å². The summed E-state index contributed by atoms with van der Waals surface area (Å²) in [6.07, 6.45) is 2.61. The number of phenolic OH excluding ortho intramolecular Hbond substituents is 1. The normalized spacial score (nSPS) is 11.1. The molecule has 29 heavy (non-hydrogen) atoms. The Hall–Kier alpha value is -3.20. The largest absolute Gasteiger partial charge is 0.508 e. The highest BCUT2D eigenvalue weighted by Gasteiger charge is 2.20. The van der Waals surface area contributed by atoms with Crippen LogP contribution < -0.4 is 9.47 Å². The van der Waals surface area contributed by atoms with E-state index in [2.05, 4.69) is 4.74 Å². The van der Waals surface area contributed by atoms with Gasteiger partial charge in [-0.2, -0.15) is 8.78 Å². The number of ether oxygens (including phenoxy) is 2. The maximum atomic E-state index is 12.5. The van der Waals surface area contributed by atoms with Crippen molar-refractivity contribution >= 4 is 29.1 Å². The number of carbonyl (C=O) groups is 1. The van der Waals surface area contributed by atoms with Gasteiger partial charge in [-0.3, -0.25) is 14.9 Å². The van der Waals surface area contributed by atoms with Crippen LogP contribution in [0.1, 0.15) is 21.5 Å². The number of nitro groups is 1. The van der Waals surface area contributed by atoms with E-state index in [-0.39, 0.29) is 28.5 Å². The number of hydrogen-bond acceptors (Lipinski definition) is 6. The number of ketones is 1. The average molecular weight is 428 g/mol. The van der Waals surface area contributed by atoms with Gasteiger partial charge in [-0.1, -0.05) is 0 Å². The number of nitrogens with zero attached hydrogens (tertiary/aromatic N) is 1. The number of phenols is 1. The smallest absolute Gasteiger partial charge is 0.387 e. The lowest BCUT2D eigenvalue weighted by Crippen LogP contribution is -2.05. The maximum Gasteiger partial charge on any atom is 0.387 e. The molecule has 0 amide bonds. The first-order valence-corrected chi connectivity index (χ1v) is 8.71. The average Bonchev–Trinajstić information content (AvgIpc) is 2.67. The Morgan fingerprint density at radius 3 is 2.62 bits per heavy atom. The Kier molecular flexibility index (Phi) is 7.49. The lowest BCUT2D eigenvalue weighted by Gasteiger charge is -2.10. The molecule has 0 spiro atoms. The molecule has 0 aliphatic heterocycles. The number of allylic oxidation sites excluding steroid dienone is 1. The summed E-state index contributed by atoms with van der Waals surface area (Å²) in [7, 11) is 1.19. The number of methoxy groups -OCH3 is 1. The molecule has 1 N–H and O–H groups in total. The number of alkyl halides is 3. The molecule has 2 rings (SSSR count). The molecule has 0 aliphatic rings. The number of benzene rings is 2. The van der Waals surface area contributed by atoms with Crippen LogP contribution >= 0.6 is 11.6 Å². The lowest BCUT2D eigenvalue weighted by atomic mass is 10.0. The molecule has 0 fully saturated rings. The minimum absolute atomic E-state index is 0.00109. The molecule has 0 saturated carbocycles. The fourth-order valence-corrected chi connectivity index (χ4v) is 2.71. The van der Waals surface area contributed by atoms with Crippen molar-refractivity contribution in [1.29, 1.82) is 0 Å². The standard InChI is InChI=1S/C19H16ClF2NO6/c1-28-17-9-11(14(23(26)27)10-18(17)29-19(21)22)2-4-15(24)12-3-5-16(25)13(8-12)6-7-20/h2-5,8-10,19,25H,6-7H2,1H3. The molecule has 154 valence electrons. The fraction of sp³-hybridized carbons (Fsp3) is 0.211. The molecule has 10 heteroatoms. The summed E-state index contributed by atoms with van der Waals surface area (Å²) >= 11 is 5.66. The Bertz CT molecular complexity index is 949. The van der Waals surface area contributed by atoms with Crippen molar-refractivity contribution in [2.45, 2.75) is 13.0 Å². The highest BCUT2D eigenvalue weighted by Crippen LogP contribution is 2.36. The highest BCUT2D eigenvalue weighted by atomic mass is 35.5. The summed E-state index contributed by atoms with van der Waals surface area (Å²) in [5.41, 5.74) is 0.146. The van der Waals surface area contributed by atoms with Crippen molar-refractivity contribution in [3.63, 3.8) is 0 Å². The van der Waals surface area contributed by atoms with Crippen LogP contribution in [0.2, 0.25) is 0 Å². The summed E-state index contributed by atoms with van der Waals surface area (Å²) in [5, 5.41) is 21.0. The van der Waals surface area contributed by atoms with Gasteiger partial charge in [0, 0.05) is 11.4 Å². The predicted molar refractivity (Wildman–Crippen MR) is 102 cm³/mol. The van der Waals surface area contributed by atoms with Gasteiger partial charge in [0.2, 0.25) is 0 Å². The monoisotopic (exact) mass is 427 g/mol. The topological polar surface area (TPSA) is 98.9 Å². The summed E-state index contributed by atoms with van der Waals surface area (Å²) in [4.78, 5) is 22.9. The second-order valence-electron chi connectivity index (χ2n) is 5.68. The summed E-state index contributed by atoms with van der Waals surface area (Å²) in [6.45, 7) is -3.19. The molecule has 2 aromatic rings. The van der Waals surface area contributed by atoms with Gasteiger partial charge in [-0.25, -0.2) is 0 Å². The minimum atomic E-state index is -3.19. The second kappa shape index (κ2) is 9.83. The van der Waals surface area contributed by atoms with E-state index in [0.29, 0.717) is 12.0 Å². The molecular formula is C19H16ClF2NO6. The van der Waals surface area contributed by atoms with Crippen molar-refractivity contribution in [1.82, 2.24) is 0 Å². The summed E-state index contributed by atoms with van der Waals surface area (Å²) < 4.78 is 34.2. The van der Waals surface area contributed by atoms with Crippen molar-refractivity contribution < 1.29 is 33.1 Å². The predicted octanol–water partition coefficient (Wildman–Crippen LogP) is 4.59. The zero-order valence-corrected chi connectivity index (χ0v) is 15.9. The zero-order chi connectivity index (χ0) is 21.6. The molecule has 0 unspecified atom stereocenters. The molecule has 0 saturated heterocycles. The summed E-state index contributed by atoms with van der Waals surface area (Å²) in [5.74, 6) is -0.887. The third-order valence-electron chi connectivity index (χ3n) is 3.87. The first kappa shape index (κ1) is 22.1. The van der Waals surface area contributed by atoms with Crippen LogP contribution in [0.3, 0.4) is 0 Å². The zero-order valence-electron chi connectivity index (χ0n) is 15.1. The van der Waals surface area contributed by atoms with Crippen LogP contribution in [0.25, 0.3) is 6.08 Å². The van der Waals surface area contributed by atoms with E-state index in [1.54, 1.807) is 0 Å². The SMILES string of the molecule is COc1cc(C=CC(=O)c2ccc(O)c(CCCl)c2)c([N+](=O)[O-])cc1OC(F)F. The first-order chi connectivity index (χ1) is 13.8. The van der Waals surface area contributed by atoms with E-state index in [0.717, 1.165) is 18.2 Å². The van der Waals surface area contributed by atoms with E-state index < -0.39 is 28.8 Å². The van der Waals surface area contributed by atoms with E-state index >= 15 is 0 Å². The molecular weight excluding hydrogens is 412 g/mol. The van der Waals surface area contributed by atoms with Crippen LogP contribution in [0.5, 0.6) is 17.2 Å². The Morgan fingerprint density at radius 2 is 2.03 bits per heavy atom. The Labute approximate surface area is 169 Å². The number of halogens is 3. The molecule has 0 aromatic heterocycles. The first-order valence-electron chi connectivity index (χ1n) is 8.18. The highest BCUT2D eigenvalue weighted by molar-refractivity contribution is 6.18. The van der Waals surface area contributed by atoms with E-state index in [4.69, 9.17) is 16.3 Å². The van der Waals surface area contributed by atoms with Gasteiger partial charge in [0.25, 0.3) is 5.69 Å². The van der Waals surface area contributed by atoms with Gasteiger partial charge in [-0.15, -0.1) is 11.6 Å². The molecule has 0 radical (unpaired) electrons. The second-order valence-corrected chi connectivity index (χ2v) is 6.06. The van der Waals surface area contributed by atoms with Gasteiger partial charge in [-0.05, 0) is 48.4 Å². The van der Waals surface area contributed by atoms with Crippen LogP contribution in [0, 0.1) is 10.1 Å². The Balaban J connectivity index is 2.39. The molecule has 2 aromatic carbocycles. The fourth-order valence-electron chi connectivity index (χ4n) is 2.51. The third kappa shape index (κ3) is 5.64. The van der Waals surface area contributed by atoms with Crippen molar-refractivity contribution in [3.05, 3.63) is 63.2 Å². The van der Waals surface area contributed by atoms with Gasteiger partial charge >= 0.3 is 6.61 Å². The van der Waals surface area contributed by atoms with Gasteiger partial charge < -0.3 is 14.6 Å². The van der Waals surface area contributed by atoms with Crippen LogP contribution in [-0.4, -0.2) is 35.4 Å². The van der Waals surface area contributed by atoms with Crippen molar-refractivity contribution in [3.8, 4) is 17.2 Å². The van der Waals surface area contributed by atoms with E-state index in [9.17, 15) is 28.8 Å². The number of nitro benzene ring substituents is 1. The molecule has 0 bridgehead atoms. The lowest BCUT2D eigenvalue weighted by molar-refractivity contribution is -0.385. The maximum absolute atomic E-state index is 12.5. The Morgan fingerprint density at radius 1 is 1.31 bits per heavy atom. The number of aromatic hydroxyl groups is 1. The molecule has 0 aliphatic carbocycles. The van der Waals surface area contributed by atoms with Crippen molar-refractivity contribution in [2.24, 2.45) is 0 Å². The van der Waals surface area contributed by atoms with Crippen LogP contribution in [-0.2, 0) is 6.42 Å². The number of hydrogen-bond donors (Lipinski definition) is 1. The molecule has 0 atom stereocenters. The van der Waals surface area contributed by atoms with E-state index in [1.165, 1.54) is 31.4 Å². The van der Waals surface area contributed by atoms with Gasteiger partial charge in [0.1, 0.15) is 5.75 Å². The van der Waals surface area contributed by atoms with Crippen LogP contribution in [0.15, 0.2) is 36.4 Å². The van der Waals surface area contributed by atoms with Gasteiger partial charge in [0.15, 0.2) is 17.3 Å². The number of carbonyl (C=O) groups excluding carboxylic acids is 1. The van der Waals surface area contributed by atoms with Crippen LogP contribution in [0.4, 0.5) is 14.5 Å².